The predicted octanol–water partition coefficient (Wildman–Crippen LogP) is 11.7. The van der Waals surface area contributed by atoms with Gasteiger partial charge in [0.05, 0.1) is 11.0 Å². The van der Waals surface area contributed by atoms with Gasteiger partial charge in [-0.2, -0.15) is 9.97 Å². The predicted molar refractivity (Wildman–Crippen MR) is 200 cm³/mol. The van der Waals surface area contributed by atoms with Crippen molar-refractivity contribution in [3.05, 3.63) is 157 Å². The highest BCUT2D eigenvalue weighted by Crippen LogP contribution is 2.40. The van der Waals surface area contributed by atoms with Gasteiger partial charge in [-0.25, -0.2) is 4.98 Å². The molecule has 0 aliphatic carbocycles. The minimum Gasteiger partial charge on any atom is -0.456 e. The summed E-state index contributed by atoms with van der Waals surface area (Å²) in [7, 11) is 0. The van der Waals surface area contributed by atoms with Crippen LogP contribution in [0.5, 0.6) is 0 Å². The minimum absolute atomic E-state index is 0.140. The van der Waals surface area contributed by atoms with E-state index < -0.39 is 0 Å². The van der Waals surface area contributed by atoms with Gasteiger partial charge in [-0.3, -0.25) is 0 Å². The third-order valence-corrected chi connectivity index (χ3v) is 9.54. The lowest BCUT2D eigenvalue weighted by Gasteiger charge is -2.08. The molecule has 0 atom stereocenters. The van der Waals surface area contributed by atoms with Crippen LogP contribution in [0.3, 0.4) is 0 Å². The highest BCUT2D eigenvalue weighted by molar-refractivity contribution is 6.28. The lowest BCUT2D eigenvalue weighted by molar-refractivity contribution is 0.669. The van der Waals surface area contributed by atoms with E-state index in [1.807, 2.05) is 42.5 Å². The minimum atomic E-state index is 0.140. The molecule has 0 saturated heterocycles. The van der Waals surface area contributed by atoms with Crippen LogP contribution in [0.2, 0.25) is 5.28 Å². The molecule has 0 aliphatic rings. The van der Waals surface area contributed by atoms with Crippen molar-refractivity contribution in [1.82, 2.24) is 19.5 Å². The summed E-state index contributed by atoms with van der Waals surface area (Å²) in [5.74, 6) is 1.02. The molecule has 3 heterocycles. The van der Waals surface area contributed by atoms with E-state index in [1.54, 1.807) is 0 Å². The van der Waals surface area contributed by atoms with Crippen molar-refractivity contribution < 1.29 is 4.42 Å². The van der Waals surface area contributed by atoms with Crippen LogP contribution in [0.15, 0.2) is 156 Å². The molecule has 0 unspecified atom stereocenters. The number of furan rings is 1. The molecule has 0 fully saturated rings. The molecule has 0 spiro atoms. The number of rotatable bonds is 4. The average Bonchev–Trinajstić information content (AvgIpc) is 3.70. The third-order valence-electron chi connectivity index (χ3n) is 9.37. The molecule has 6 heteroatoms. The van der Waals surface area contributed by atoms with E-state index in [9.17, 15) is 0 Å². The van der Waals surface area contributed by atoms with E-state index in [1.165, 1.54) is 21.8 Å². The molecule has 49 heavy (non-hydrogen) atoms. The number of hydrogen-bond acceptors (Lipinski definition) is 4. The molecule has 0 radical (unpaired) electrons. The van der Waals surface area contributed by atoms with Gasteiger partial charge in [-0.05, 0) is 88.1 Å². The van der Waals surface area contributed by atoms with Crippen molar-refractivity contribution in [2.45, 2.75) is 0 Å². The maximum absolute atomic E-state index is 6.56. The molecule has 10 aromatic rings. The van der Waals surface area contributed by atoms with Crippen LogP contribution in [-0.2, 0) is 0 Å². The largest absolute Gasteiger partial charge is 0.456 e. The molecular weight excluding hydrogens is 624 g/mol. The highest BCUT2D eigenvalue weighted by atomic mass is 35.5. The summed E-state index contributed by atoms with van der Waals surface area (Å²) in [4.78, 5) is 14.0. The van der Waals surface area contributed by atoms with Gasteiger partial charge >= 0.3 is 0 Å². The monoisotopic (exact) mass is 648 g/mol. The maximum atomic E-state index is 6.56. The summed E-state index contributed by atoms with van der Waals surface area (Å²) in [5, 5.41) is 6.74. The summed E-state index contributed by atoms with van der Waals surface area (Å²) < 4.78 is 8.70. The van der Waals surface area contributed by atoms with Crippen LogP contribution < -0.4 is 0 Å². The zero-order valence-electron chi connectivity index (χ0n) is 26.0. The van der Waals surface area contributed by atoms with Crippen molar-refractivity contribution in [1.29, 1.82) is 0 Å². The van der Waals surface area contributed by atoms with Gasteiger partial charge in [0.25, 0.3) is 0 Å². The van der Waals surface area contributed by atoms with Gasteiger partial charge in [-0.1, -0.05) is 97.1 Å². The zero-order valence-corrected chi connectivity index (χ0v) is 26.8. The van der Waals surface area contributed by atoms with Gasteiger partial charge in [0.15, 0.2) is 11.6 Å². The summed E-state index contributed by atoms with van der Waals surface area (Å²) >= 11 is 6.56. The van der Waals surface area contributed by atoms with Crippen LogP contribution in [0, 0.1) is 0 Å². The van der Waals surface area contributed by atoms with Gasteiger partial charge < -0.3 is 8.98 Å². The normalized spacial score (nSPS) is 11.8. The number of fused-ring (bicyclic) bond motifs is 7. The Hall–Kier alpha value is -6.30. The molecule has 0 aliphatic heterocycles. The molecule has 0 bridgehead atoms. The zero-order chi connectivity index (χ0) is 32.5. The fraction of sp³-hybridized carbons (Fsp3) is 0. The Morgan fingerprint density at radius 2 is 1.18 bits per heavy atom. The van der Waals surface area contributed by atoms with Crippen molar-refractivity contribution in [3.63, 3.8) is 0 Å². The summed E-state index contributed by atoms with van der Waals surface area (Å²) in [5.41, 5.74) is 8.97. The van der Waals surface area contributed by atoms with Crippen LogP contribution in [0.4, 0.5) is 0 Å². The summed E-state index contributed by atoms with van der Waals surface area (Å²) in [6, 6.07) is 52.6. The quantitative estimate of drug-likeness (QED) is 0.190. The van der Waals surface area contributed by atoms with Crippen molar-refractivity contribution in [2.75, 3.05) is 0 Å². The fourth-order valence-corrected chi connectivity index (χ4v) is 7.29. The van der Waals surface area contributed by atoms with Gasteiger partial charge in [0.1, 0.15) is 11.2 Å². The number of halogens is 1. The number of aromatic nitrogens is 4. The molecule has 0 N–H and O–H groups in total. The molecule has 7 aromatic carbocycles. The topological polar surface area (TPSA) is 56.7 Å². The van der Waals surface area contributed by atoms with Crippen LogP contribution in [-0.4, -0.2) is 19.5 Å². The second-order valence-electron chi connectivity index (χ2n) is 12.2. The maximum Gasteiger partial charge on any atom is 0.226 e. The van der Waals surface area contributed by atoms with E-state index in [-0.39, 0.29) is 5.28 Å². The molecule has 0 saturated carbocycles. The lowest BCUT2D eigenvalue weighted by Crippen LogP contribution is -1.97. The molecule has 3 aromatic heterocycles. The second-order valence-corrected chi connectivity index (χ2v) is 12.6. The van der Waals surface area contributed by atoms with Gasteiger partial charge in [0, 0.05) is 38.4 Å². The van der Waals surface area contributed by atoms with Gasteiger partial charge in [-0.15, -0.1) is 0 Å². The van der Waals surface area contributed by atoms with Crippen LogP contribution >= 0.6 is 11.6 Å². The molecular formula is C43H25ClN4O. The average molecular weight is 649 g/mol. The molecule has 5 nitrogen and oxygen atoms in total. The molecule has 10 rings (SSSR count). The van der Waals surface area contributed by atoms with E-state index in [4.69, 9.17) is 21.0 Å². The van der Waals surface area contributed by atoms with Crippen LogP contribution in [0.1, 0.15) is 0 Å². The first kappa shape index (κ1) is 27.8. The summed E-state index contributed by atoms with van der Waals surface area (Å²) in [6.45, 7) is 0. The van der Waals surface area contributed by atoms with E-state index in [0.29, 0.717) is 11.6 Å². The van der Waals surface area contributed by atoms with Crippen LogP contribution in [0.25, 0.3) is 94.1 Å². The first-order valence-electron chi connectivity index (χ1n) is 16.1. The Kier molecular flexibility index (Phi) is 6.16. The summed E-state index contributed by atoms with van der Waals surface area (Å²) in [6.07, 6.45) is 0. The highest BCUT2D eigenvalue weighted by Gasteiger charge is 2.18. The number of nitrogens with zero attached hydrogens (tertiary/aromatic N) is 4. The first-order valence-corrected chi connectivity index (χ1v) is 16.5. The number of para-hydroxylation sites is 2. The Labute approximate surface area is 285 Å². The Morgan fingerprint density at radius 3 is 2.08 bits per heavy atom. The standard InChI is InChI=1S/C43H25ClN4O/c44-43-46-41(30-18-17-26-9-4-5-10-27(26)23-30)45-42(47-43)33-14-8-16-39-40(33)35-25-29(20-22-38(35)49-39)28-19-21-37-34(24-28)32-13-6-7-15-36(32)48(37)31-11-2-1-3-12-31/h1-25H. The Balaban J connectivity index is 1.13. The van der Waals surface area contributed by atoms with E-state index in [2.05, 4.69) is 124 Å². The fourth-order valence-electron chi connectivity index (χ4n) is 7.13. The van der Waals surface area contributed by atoms with E-state index >= 15 is 0 Å². The Morgan fingerprint density at radius 1 is 0.469 bits per heavy atom. The first-order chi connectivity index (χ1) is 24.2. The van der Waals surface area contributed by atoms with E-state index in [0.717, 1.165) is 60.7 Å². The number of benzene rings is 7. The smallest absolute Gasteiger partial charge is 0.226 e. The number of hydrogen-bond donors (Lipinski definition) is 0. The van der Waals surface area contributed by atoms with Crippen molar-refractivity contribution >= 4 is 66.1 Å². The third kappa shape index (κ3) is 4.51. The van der Waals surface area contributed by atoms with Crippen molar-refractivity contribution in [2.24, 2.45) is 0 Å². The lowest BCUT2D eigenvalue weighted by atomic mass is 9.99. The second kappa shape index (κ2) is 10.9. The van der Waals surface area contributed by atoms with Gasteiger partial charge in [0.2, 0.25) is 5.28 Å². The molecule has 230 valence electrons. The SMILES string of the molecule is Clc1nc(-c2ccc3ccccc3c2)nc(-c2cccc3oc4ccc(-c5ccc6c(c5)c5ccccc5n6-c5ccccc5)cc4c23)n1. The van der Waals surface area contributed by atoms with Crippen molar-refractivity contribution in [3.8, 4) is 39.6 Å². The molecule has 0 amide bonds. The Bertz CT molecular complexity index is 2910.